The number of hydrogen-bond acceptors (Lipinski definition) is 3. The van der Waals surface area contributed by atoms with E-state index in [1.807, 2.05) is 12.1 Å². The van der Waals surface area contributed by atoms with Crippen molar-refractivity contribution in [2.45, 2.75) is 51.3 Å². The maximum Gasteiger partial charge on any atom is 0.240 e. The number of nitrogens with one attached hydrogen (secondary N) is 2. The van der Waals surface area contributed by atoms with Crippen molar-refractivity contribution in [3.63, 3.8) is 0 Å². The zero-order valence-corrected chi connectivity index (χ0v) is 14.7. The Bertz CT molecular complexity index is 605. The highest BCUT2D eigenvalue weighted by atomic mass is 32.2. The number of piperidine rings is 1. The normalized spacial score (nSPS) is 18.3. The molecule has 0 unspecified atom stereocenters. The van der Waals surface area contributed by atoms with Crippen molar-refractivity contribution in [2.24, 2.45) is 5.41 Å². The molecule has 5 heteroatoms. The predicted molar refractivity (Wildman–Crippen MR) is 90.6 cm³/mol. The molecule has 124 valence electrons. The lowest BCUT2D eigenvalue weighted by molar-refractivity contribution is 0.232. The molecule has 2 rings (SSSR count). The van der Waals surface area contributed by atoms with Crippen molar-refractivity contribution in [3.8, 4) is 0 Å². The summed E-state index contributed by atoms with van der Waals surface area (Å²) in [6, 6.07) is 5.50. The van der Waals surface area contributed by atoms with Crippen LogP contribution >= 0.6 is 0 Å². The number of sulfonamides is 1. The van der Waals surface area contributed by atoms with E-state index < -0.39 is 10.0 Å². The first-order valence-electron chi connectivity index (χ1n) is 8.22. The van der Waals surface area contributed by atoms with Crippen LogP contribution in [0.5, 0.6) is 0 Å². The Morgan fingerprint density at radius 3 is 2.36 bits per heavy atom. The topological polar surface area (TPSA) is 58.2 Å². The standard InChI is InChI=1S/C17H28N2O2S/c1-4-14-6-7-16(12-15(14)5-2)22(20,21)19-13-17(3)8-10-18-11-9-17/h6-7,12,18-19H,4-5,8-11,13H2,1-3H3. The second kappa shape index (κ2) is 7.11. The van der Waals surface area contributed by atoms with E-state index in [0.29, 0.717) is 11.4 Å². The second-order valence-corrected chi connectivity index (χ2v) is 8.29. The SMILES string of the molecule is CCc1ccc(S(=O)(=O)NCC2(C)CCNCC2)cc1CC. The van der Waals surface area contributed by atoms with Crippen LogP contribution in [0, 0.1) is 5.41 Å². The summed E-state index contributed by atoms with van der Waals surface area (Å²) in [6.07, 6.45) is 3.80. The van der Waals surface area contributed by atoms with E-state index >= 15 is 0 Å². The quantitative estimate of drug-likeness (QED) is 0.845. The molecule has 0 amide bonds. The average molecular weight is 324 g/mol. The molecule has 22 heavy (non-hydrogen) atoms. The number of hydrogen-bond donors (Lipinski definition) is 2. The average Bonchev–Trinajstić information content (AvgIpc) is 2.53. The molecule has 1 heterocycles. The fourth-order valence-corrected chi connectivity index (χ4v) is 4.25. The molecule has 0 saturated carbocycles. The van der Waals surface area contributed by atoms with Gasteiger partial charge in [0.2, 0.25) is 10.0 Å². The molecule has 0 bridgehead atoms. The van der Waals surface area contributed by atoms with Gasteiger partial charge < -0.3 is 5.32 Å². The third kappa shape index (κ3) is 4.09. The Labute approximate surface area is 134 Å². The summed E-state index contributed by atoms with van der Waals surface area (Å²) in [5, 5.41) is 3.32. The van der Waals surface area contributed by atoms with Crippen LogP contribution in [0.15, 0.2) is 23.1 Å². The summed E-state index contributed by atoms with van der Waals surface area (Å²) in [6.45, 7) is 8.75. The Kier molecular flexibility index (Phi) is 5.64. The van der Waals surface area contributed by atoms with E-state index in [1.54, 1.807) is 6.07 Å². The third-order valence-corrected chi connectivity index (χ3v) is 6.15. The molecule has 0 atom stereocenters. The van der Waals surface area contributed by atoms with Crippen molar-refractivity contribution in [1.29, 1.82) is 0 Å². The fraction of sp³-hybridized carbons (Fsp3) is 0.647. The molecule has 2 N–H and O–H groups in total. The monoisotopic (exact) mass is 324 g/mol. The van der Waals surface area contributed by atoms with E-state index in [0.717, 1.165) is 44.3 Å². The van der Waals surface area contributed by atoms with Crippen molar-refractivity contribution >= 4 is 10.0 Å². The van der Waals surface area contributed by atoms with Crippen LogP contribution in [0.4, 0.5) is 0 Å². The summed E-state index contributed by atoms with van der Waals surface area (Å²) in [5.74, 6) is 0. The van der Waals surface area contributed by atoms with E-state index in [-0.39, 0.29) is 5.41 Å². The number of rotatable bonds is 6. The van der Waals surface area contributed by atoms with Gasteiger partial charge in [0.15, 0.2) is 0 Å². The van der Waals surface area contributed by atoms with Crippen LogP contribution in [0.2, 0.25) is 0 Å². The van der Waals surface area contributed by atoms with E-state index in [2.05, 4.69) is 30.8 Å². The van der Waals surface area contributed by atoms with Gasteiger partial charge in [0.25, 0.3) is 0 Å². The highest BCUT2D eigenvalue weighted by Gasteiger charge is 2.28. The third-order valence-electron chi connectivity index (χ3n) is 4.75. The molecular formula is C17H28N2O2S. The number of benzene rings is 1. The van der Waals surface area contributed by atoms with Gasteiger partial charge in [-0.1, -0.05) is 26.8 Å². The fourth-order valence-electron chi connectivity index (χ4n) is 3.00. The molecule has 1 aliphatic rings. The van der Waals surface area contributed by atoms with E-state index in [9.17, 15) is 8.42 Å². The summed E-state index contributed by atoms with van der Waals surface area (Å²) in [4.78, 5) is 0.388. The lowest BCUT2D eigenvalue weighted by atomic mass is 9.81. The van der Waals surface area contributed by atoms with Gasteiger partial charge in [-0.3, -0.25) is 0 Å². The van der Waals surface area contributed by atoms with E-state index in [1.165, 1.54) is 5.56 Å². The van der Waals surface area contributed by atoms with Crippen molar-refractivity contribution in [3.05, 3.63) is 29.3 Å². The lowest BCUT2D eigenvalue weighted by Crippen LogP contribution is -2.42. The molecule has 0 aromatic heterocycles. The molecule has 0 aliphatic carbocycles. The van der Waals surface area contributed by atoms with Crippen molar-refractivity contribution in [2.75, 3.05) is 19.6 Å². The highest BCUT2D eigenvalue weighted by Crippen LogP contribution is 2.27. The van der Waals surface area contributed by atoms with Crippen LogP contribution in [0.1, 0.15) is 44.7 Å². The van der Waals surface area contributed by atoms with Gasteiger partial charge in [0.05, 0.1) is 4.90 Å². The van der Waals surface area contributed by atoms with Crippen molar-refractivity contribution < 1.29 is 8.42 Å². The Morgan fingerprint density at radius 1 is 1.14 bits per heavy atom. The molecule has 1 aromatic rings. The van der Waals surface area contributed by atoms with Crippen LogP contribution in [-0.4, -0.2) is 28.1 Å². The first kappa shape index (κ1) is 17.4. The van der Waals surface area contributed by atoms with Gasteiger partial charge in [-0.05, 0) is 67.4 Å². The van der Waals surface area contributed by atoms with Crippen LogP contribution in [0.25, 0.3) is 0 Å². The largest absolute Gasteiger partial charge is 0.317 e. The van der Waals surface area contributed by atoms with E-state index in [4.69, 9.17) is 0 Å². The minimum atomic E-state index is -3.43. The first-order valence-corrected chi connectivity index (χ1v) is 9.71. The smallest absolute Gasteiger partial charge is 0.240 e. The maximum absolute atomic E-state index is 12.6. The number of aryl methyl sites for hydroxylation is 2. The zero-order chi connectivity index (χ0) is 16.2. The predicted octanol–water partition coefficient (Wildman–Crippen LogP) is 2.48. The minimum Gasteiger partial charge on any atom is -0.317 e. The molecule has 4 nitrogen and oxygen atoms in total. The Balaban J connectivity index is 2.13. The summed E-state index contributed by atoms with van der Waals surface area (Å²) in [5.41, 5.74) is 2.40. The molecule has 0 radical (unpaired) electrons. The van der Waals surface area contributed by atoms with Crippen LogP contribution < -0.4 is 10.0 Å². The van der Waals surface area contributed by atoms with Crippen LogP contribution in [0.3, 0.4) is 0 Å². The summed E-state index contributed by atoms with van der Waals surface area (Å²) in [7, 11) is -3.43. The van der Waals surface area contributed by atoms with Gasteiger partial charge in [-0.25, -0.2) is 13.1 Å². The lowest BCUT2D eigenvalue weighted by Gasteiger charge is -2.34. The molecule has 1 fully saturated rings. The maximum atomic E-state index is 12.6. The zero-order valence-electron chi connectivity index (χ0n) is 13.9. The summed E-state index contributed by atoms with van der Waals surface area (Å²) < 4.78 is 27.9. The molecular weight excluding hydrogens is 296 g/mol. The Morgan fingerprint density at radius 2 is 1.77 bits per heavy atom. The van der Waals surface area contributed by atoms with Crippen molar-refractivity contribution in [1.82, 2.24) is 10.0 Å². The molecule has 1 aliphatic heterocycles. The van der Waals surface area contributed by atoms with Gasteiger partial charge in [-0.2, -0.15) is 0 Å². The van der Waals surface area contributed by atoms with Gasteiger partial charge >= 0.3 is 0 Å². The van der Waals surface area contributed by atoms with Gasteiger partial charge in [0.1, 0.15) is 0 Å². The second-order valence-electron chi connectivity index (χ2n) is 6.52. The highest BCUT2D eigenvalue weighted by molar-refractivity contribution is 7.89. The molecule has 0 spiro atoms. The van der Waals surface area contributed by atoms with Gasteiger partial charge in [0, 0.05) is 6.54 Å². The first-order chi connectivity index (χ1) is 10.4. The molecule has 1 saturated heterocycles. The summed E-state index contributed by atoms with van der Waals surface area (Å²) >= 11 is 0. The Hall–Kier alpha value is -0.910. The molecule has 1 aromatic carbocycles. The van der Waals surface area contributed by atoms with Crippen LogP contribution in [-0.2, 0) is 22.9 Å². The van der Waals surface area contributed by atoms with Gasteiger partial charge in [-0.15, -0.1) is 0 Å². The minimum absolute atomic E-state index is 0.0509.